The van der Waals surface area contributed by atoms with Crippen LogP contribution in [0.15, 0.2) is 51.4 Å². The van der Waals surface area contributed by atoms with Crippen LogP contribution in [0.5, 0.6) is 0 Å². The number of halogens is 3. The zero-order chi connectivity index (χ0) is 13.8. The van der Waals surface area contributed by atoms with Crippen molar-refractivity contribution in [2.75, 3.05) is 5.32 Å². The fraction of sp³-hybridized carbons (Fsp3) is 0.0714. The molecule has 0 atom stereocenters. The second-order valence-electron chi connectivity index (χ2n) is 3.95. The summed E-state index contributed by atoms with van der Waals surface area (Å²) in [6.07, 6.45) is 0. The molecule has 0 spiro atoms. The first-order valence-corrected chi connectivity index (χ1v) is 8.21. The SMILES string of the molecule is O=C(Nc1cccc(CBr)c1)c1cc(Br)cc(Br)c1. The van der Waals surface area contributed by atoms with Gasteiger partial charge < -0.3 is 5.32 Å². The quantitative estimate of drug-likeness (QED) is 0.630. The topological polar surface area (TPSA) is 29.1 Å². The molecule has 0 fully saturated rings. The van der Waals surface area contributed by atoms with Gasteiger partial charge in [-0.15, -0.1) is 0 Å². The molecule has 2 aromatic carbocycles. The number of hydrogen-bond acceptors (Lipinski definition) is 1. The van der Waals surface area contributed by atoms with E-state index < -0.39 is 0 Å². The Morgan fingerprint density at radius 1 is 1.05 bits per heavy atom. The molecule has 0 aliphatic rings. The van der Waals surface area contributed by atoms with E-state index in [0.29, 0.717) is 5.56 Å². The van der Waals surface area contributed by atoms with Gasteiger partial charge in [-0.05, 0) is 35.9 Å². The molecule has 0 saturated carbocycles. The van der Waals surface area contributed by atoms with Crippen molar-refractivity contribution in [1.29, 1.82) is 0 Å². The van der Waals surface area contributed by atoms with Crippen LogP contribution in [-0.2, 0) is 5.33 Å². The van der Waals surface area contributed by atoms with Crippen LogP contribution < -0.4 is 5.32 Å². The average molecular weight is 448 g/mol. The van der Waals surface area contributed by atoms with Gasteiger partial charge in [0.1, 0.15) is 0 Å². The predicted molar refractivity (Wildman–Crippen MR) is 88.9 cm³/mol. The fourth-order valence-corrected chi connectivity index (χ4v) is 3.26. The van der Waals surface area contributed by atoms with Crippen molar-refractivity contribution in [1.82, 2.24) is 0 Å². The molecule has 0 aliphatic heterocycles. The molecule has 0 bridgehead atoms. The van der Waals surface area contributed by atoms with Crippen LogP contribution in [-0.4, -0.2) is 5.91 Å². The van der Waals surface area contributed by atoms with Crippen molar-refractivity contribution in [2.45, 2.75) is 5.33 Å². The van der Waals surface area contributed by atoms with Crippen molar-refractivity contribution >= 4 is 59.4 Å². The molecule has 2 rings (SSSR count). The molecule has 1 N–H and O–H groups in total. The number of hydrogen-bond donors (Lipinski definition) is 1. The third kappa shape index (κ3) is 4.16. The normalized spacial score (nSPS) is 10.3. The highest BCUT2D eigenvalue weighted by molar-refractivity contribution is 9.11. The predicted octanol–water partition coefficient (Wildman–Crippen LogP) is 5.36. The summed E-state index contributed by atoms with van der Waals surface area (Å²) in [5.74, 6) is -0.131. The summed E-state index contributed by atoms with van der Waals surface area (Å²) >= 11 is 10.1. The van der Waals surface area contributed by atoms with Gasteiger partial charge in [-0.25, -0.2) is 0 Å². The van der Waals surface area contributed by atoms with Crippen molar-refractivity contribution in [2.24, 2.45) is 0 Å². The van der Waals surface area contributed by atoms with E-state index in [1.807, 2.05) is 30.3 Å². The molecule has 0 aromatic heterocycles. The van der Waals surface area contributed by atoms with Crippen LogP contribution >= 0.6 is 47.8 Å². The Hall–Kier alpha value is -0.650. The minimum Gasteiger partial charge on any atom is -0.322 e. The minimum absolute atomic E-state index is 0.131. The number of rotatable bonds is 3. The molecule has 2 nitrogen and oxygen atoms in total. The minimum atomic E-state index is -0.131. The van der Waals surface area contributed by atoms with Crippen LogP contribution in [0.25, 0.3) is 0 Å². The molecular weight excluding hydrogens is 438 g/mol. The second-order valence-corrected chi connectivity index (χ2v) is 6.34. The molecule has 0 saturated heterocycles. The van der Waals surface area contributed by atoms with Crippen molar-refractivity contribution in [3.63, 3.8) is 0 Å². The Morgan fingerprint density at radius 2 is 1.74 bits per heavy atom. The van der Waals surface area contributed by atoms with Gasteiger partial charge in [0.15, 0.2) is 0 Å². The lowest BCUT2D eigenvalue weighted by molar-refractivity contribution is 0.102. The molecule has 1 amide bonds. The molecule has 19 heavy (non-hydrogen) atoms. The monoisotopic (exact) mass is 445 g/mol. The van der Waals surface area contributed by atoms with Crippen molar-refractivity contribution < 1.29 is 4.79 Å². The Kier molecular flexibility index (Phi) is 5.19. The van der Waals surface area contributed by atoms with E-state index in [1.165, 1.54) is 0 Å². The van der Waals surface area contributed by atoms with E-state index >= 15 is 0 Å². The first-order chi connectivity index (χ1) is 9.08. The highest BCUT2D eigenvalue weighted by atomic mass is 79.9. The number of benzene rings is 2. The maximum Gasteiger partial charge on any atom is 0.255 e. The van der Waals surface area contributed by atoms with Crippen molar-refractivity contribution in [3.8, 4) is 0 Å². The largest absolute Gasteiger partial charge is 0.322 e. The molecule has 0 unspecified atom stereocenters. The number of alkyl halides is 1. The number of nitrogens with one attached hydrogen (secondary N) is 1. The molecule has 0 heterocycles. The molecule has 0 aliphatic carbocycles. The first kappa shape index (κ1) is 14.8. The summed E-state index contributed by atoms with van der Waals surface area (Å²) < 4.78 is 1.72. The highest BCUT2D eigenvalue weighted by Gasteiger charge is 2.08. The maximum atomic E-state index is 12.2. The van der Waals surface area contributed by atoms with Gasteiger partial charge in [0.25, 0.3) is 5.91 Å². The van der Waals surface area contributed by atoms with Crippen LogP contribution in [0, 0.1) is 0 Å². The second kappa shape index (κ2) is 6.68. The maximum absolute atomic E-state index is 12.2. The lowest BCUT2D eigenvalue weighted by atomic mass is 10.2. The van der Waals surface area contributed by atoms with Gasteiger partial charge in [-0.2, -0.15) is 0 Å². The zero-order valence-corrected chi connectivity index (χ0v) is 14.5. The van der Waals surface area contributed by atoms with Gasteiger partial charge in [0.2, 0.25) is 0 Å². The summed E-state index contributed by atoms with van der Waals surface area (Å²) in [5.41, 5.74) is 2.51. The summed E-state index contributed by atoms with van der Waals surface area (Å²) in [4.78, 5) is 12.2. The van der Waals surface area contributed by atoms with Gasteiger partial charge in [-0.3, -0.25) is 4.79 Å². The Labute approximate surface area is 137 Å². The Bertz CT molecular complexity index is 593. The standard InChI is InChI=1S/C14H10Br3NO/c15-8-9-2-1-3-13(4-9)18-14(19)10-5-11(16)7-12(17)6-10/h1-7H,8H2,(H,18,19). The van der Waals surface area contributed by atoms with E-state index in [0.717, 1.165) is 25.5 Å². The van der Waals surface area contributed by atoms with Gasteiger partial charge in [0.05, 0.1) is 0 Å². The molecule has 2 aromatic rings. The van der Waals surface area contributed by atoms with Crippen LogP contribution in [0.3, 0.4) is 0 Å². The van der Waals surface area contributed by atoms with Crippen LogP contribution in [0.4, 0.5) is 5.69 Å². The summed E-state index contributed by atoms with van der Waals surface area (Å²) in [7, 11) is 0. The zero-order valence-electron chi connectivity index (χ0n) is 9.79. The van der Waals surface area contributed by atoms with E-state index in [4.69, 9.17) is 0 Å². The Morgan fingerprint density at radius 3 is 2.37 bits per heavy atom. The lowest BCUT2D eigenvalue weighted by Gasteiger charge is -2.07. The smallest absolute Gasteiger partial charge is 0.255 e. The molecule has 5 heteroatoms. The lowest BCUT2D eigenvalue weighted by Crippen LogP contribution is -2.12. The van der Waals surface area contributed by atoms with E-state index in [9.17, 15) is 4.79 Å². The molecule has 0 radical (unpaired) electrons. The Balaban J connectivity index is 2.20. The van der Waals surface area contributed by atoms with Crippen molar-refractivity contribution in [3.05, 3.63) is 62.5 Å². The number of anilines is 1. The van der Waals surface area contributed by atoms with Gasteiger partial charge >= 0.3 is 0 Å². The summed E-state index contributed by atoms with van der Waals surface area (Å²) in [6.45, 7) is 0. The van der Waals surface area contributed by atoms with E-state index in [1.54, 1.807) is 12.1 Å². The van der Waals surface area contributed by atoms with Crippen LogP contribution in [0.2, 0.25) is 0 Å². The summed E-state index contributed by atoms with van der Waals surface area (Å²) in [5, 5.41) is 3.65. The fourth-order valence-electron chi connectivity index (χ4n) is 1.62. The first-order valence-electron chi connectivity index (χ1n) is 5.51. The van der Waals surface area contributed by atoms with Gasteiger partial charge in [0, 0.05) is 25.5 Å². The number of carbonyl (C=O) groups is 1. The average Bonchev–Trinajstić information content (AvgIpc) is 2.37. The third-order valence-corrected chi connectivity index (χ3v) is 4.03. The third-order valence-electron chi connectivity index (χ3n) is 2.46. The van der Waals surface area contributed by atoms with E-state index in [2.05, 4.69) is 53.1 Å². The summed E-state index contributed by atoms with van der Waals surface area (Å²) in [6, 6.07) is 13.2. The highest BCUT2D eigenvalue weighted by Crippen LogP contribution is 2.21. The van der Waals surface area contributed by atoms with Crippen LogP contribution in [0.1, 0.15) is 15.9 Å². The number of amides is 1. The van der Waals surface area contributed by atoms with E-state index in [-0.39, 0.29) is 5.91 Å². The van der Waals surface area contributed by atoms with Gasteiger partial charge in [-0.1, -0.05) is 59.9 Å². The number of carbonyl (C=O) groups excluding carboxylic acids is 1. The molecular formula is C14H10Br3NO. The molecule has 98 valence electrons.